The predicted molar refractivity (Wildman–Crippen MR) is 140 cm³/mol. The van der Waals surface area contributed by atoms with Gasteiger partial charge in [0.1, 0.15) is 18.2 Å². The first-order valence-electron chi connectivity index (χ1n) is 10.7. The van der Waals surface area contributed by atoms with Crippen molar-refractivity contribution in [2.24, 2.45) is 0 Å². The number of carboxylic acids is 6. The number of nitrogens with two attached hydrogens (primary N) is 1. The molecule has 0 radical (unpaired) electrons. The van der Waals surface area contributed by atoms with Gasteiger partial charge in [-0.05, 0) is 6.92 Å². The van der Waals surface area contributed by atoms with Gasteiger partial charge < -0.3 is 55.5 Å². The van der Waals surface area contributed by atoms with E-state index in [-0.39, 0.29) is 5.82 Å². The fraction of sp³-hybridized carbons (Fsp3) is 0.190. The van der Waals surface area contributed by atoms with Crippen LogP contribution in [0.25, 0.3) is 11.2 Å². The van der Waals surface area contributed by atoms with Gasteiger partial charge >= 0.3 is 43.4 Å². The number of hydrogen-bond acceptors (Lipinski definition) is 12. The standard InChI is InChI=1S/C9H14N5O4P.3C4H4O4/c1-6(18-5-19(15,16)17)2-14-4-13-7-8(10)11-3-12-9(7)14;3*5-3(6)1-2-4(7)8/h3-4,6H,2,5H2,1H3,(H2,10,11,12)(H2,15,16,17);3*1-2H,(H,5,6)(H,7,8)/b;3*2-1+. The molecule has 2 heterocycles. The zero-order valence-corrected chi connectivity index (χ0v) is 22.7. The Bertz CT molecular complexity index is 1280. The molecule has 22 heteroatoms. The molecular weight excluding hydrogens is 609 g/mol. The molecule has 1 unspecified atom stereocenters. The van der Waals surface area contributed by atoms with E-state index in [9.17, 15) is 33.3 Å². The third-order valence-electron chi connectivity index (χ3n) is 3.52. The Hall–Kier alpha value is -5.50. The molecule has 0 aliphatic heterocycles. The van der Waals surface area contributed by atoms with Gasteiger partial charge in [-0.2, -0.15) is 0 Å². The highest BCUT2D eigenvalue weighted by atomic mass is 31.2. The van der Waals surface area contributed by atoms with E-state index >= 15 is 0 Å². The number of nitrogens with zero attached hydrogens (tertiary/aromatic N) is 4. The maximum absolute atomic E-state index is 10.7. The van der Waals surface area contributed by atoms with E-state index in [4.69, 9.17) is 50.9 Å². The van der Waals surface area contributed by atoms with Crippen LogP contribution in [0.4, 0.5) is 5.82 Å². The molecule has 43 heavy (non-hydrogen) atoms. The Morgan fingerprint density at radius 2 is 1.16 bits per heavy atom. The van der Waals surface area contributed by atoms with Crippen molar-refractivity contribution in [1.82, 2.24) is 19.5 Å². The van der Waals surface area contributed by atoms with Gasteiger partial charge in [-0.15, -0.1) is 0 Å². The molecule has 0 aliphatic rings. The molecule has 0 saturated heterocycles. The Kier molecular flexibility index (Phi) is 18.8. The van der Waals surface area contributed by atoms with Crippen molar-refractivity contribution in [3.05, 3.63) is 49.1 Å². The van der Waals surface area contributed by atoms with Crippen LogP contribution in [-0.2, 0) is 44.6 Å². The average molecular weight is 635 g/mol. The number of fused-ring (bicyclic) bond motifs is 1. The number of imidazole rings is 1. The largest absolute Gasteiger partial charge is 0.478 e. The van der Waals surface area contributed by atoms with Crippen molar-refractivity contribution in [2.45, 2.75) is 19.6 Å². The third kappa shape index (κ3) is 24.1. The van der Waals surface area contributed by atoms with Crippen molar-refractivity contribution in [2.75, 3.05) is 12.1 Å². The van der Waals surface area contributed by atoms with Gasteiger partial charge in [0.15, 0.2) is 11.5 Å². The second-order valence-corrected chi connectivity index (χ2v) is 8.72. The molecule has 236 valence electrons. The van der Waals surface area contributed by atoms with Gasteiger partial charge in [0, 0.05) is 36.5 Å². The first kappa shape index (κ1) is 39.6. The van der Waals surface area contributed by atoms with Crippen molar-refractivity contribution in [3.63, 3.8) is 0 Å². The number of hydrogen-bond donors (Lipinski definition) is 9. The summed E-state index contributed by atoms with van der Waals surface area (Å²) in [5.41, 5.74) is 6.70. The first-order chi connectivity index (χ1) is 19.7. The molecule has 0 aromatic carbocycles. The van der Waals surface area contributed by atoms with E-state index in [1.807, 2.05) is 0 Å². The van der Waals surface area contributed by atoms with Gasteiger partial charge in [0.05, 0.1) is 19.0 Å². The van der Waals surface area contributed by atoms with Crippen LogP contribution in [0.3, 0.4) is 0 Å². The minimum absolute atomic E-state index is 0.285. The van der Waals surface area contributed by atoms with Gasteiger partial charge in [-0.3, -0.25) is 4.57 Å². The molecule has 0 bridgehead atoms. The van der Waals surface area contributed by atoms with Crippen LogP contribution in [0, 0.1) is 0 Å². The fourth-order valence-corrected chi connectivity index (χ4v) is 2.46. The zero-order chi connectivity index (χ0) is 33.8. The van der Waals surface area contributed by atoms with E-state index in [0.29, 0.717) is 54.2 Å². The number of carbonyl (C=O) groups is 6. The summed E-state index contributed by atoms with van der Waals surface area (Å²) in [5.74, 6) is -7.26. The van der Waals surface area contributed by atoms with E-state index < -0.39 is 55.9 Å². The average Bonchev–Trinajstić information content (AvgIpc) is 3.28. The Labute approximate surface area is 239 Å². The Morgan fingerprint density at radius 3 is 1.49 bits per heavy atom. The topological polar surface area (TPSA) is 360 Å². The molecule has 2 aromatic rings. The van der Waals surface area contributed by atoms with Gasteiger partial charge in [-0.1, -0.05) is 0 Å². The summed E-state index contributed by atoms with van der Waals surface area (Å²) < 4.78 is 17.5. The van der Waals surface area contributed by atoms with Crippen LogP contribution in [0.2, 0.25) is 0 Å². The molecule has 0 saturated carbocycles. The van der Waals surface area contributed by atoms with Crippen molar-refractivity contribution < 1.29 is 78.5 Å². The molecule has 0 aliphatic carbocycles. The number of aromatic nitrogens is 4. The van der Waals surface area contributed by atoms with Crippen molar-refractivity contribution >= 4 is 60.4 Å². The Balaban J connectivity index is 0. The van der Waals surface area contributed by atoms with E-state index in [0.717, 1.165) is 0 Å². The lowest BCUT2D eigenvalue weighted by molar-refractivity contribution is -0.134. The predicted octanol–water partition coefficient (Wildman–Crippen LogP) is -0.916. The molecule has 10 N–H and O–H groups in total. The molecule has 0 fully saturated rings. The van der Waals surface area contributed by atoms with Gasteiger partial charge in [0.25, 0.3) is 0 Å². The normalized spacial score (nSPS) is 11.4. The van der Waals surface area contributed by atoms with Crippen LogP contribution >= 0.6 is 7.60 Å². The summed E-state index contributed by atoms with van der Waals surface area (Å²) in [5, 5.41) is 46.9. The number of rotatable bonds is 11. The second kappa shape index (κ2) is 20.4. The van der Waals surface area contributed by atoms with Crippen LogP contribution in [0.1, 0.15) is 6.92 Å². The summed E-state index contributed by atoms with van der Waals surface area (Å²) in [4.78, 5) is 86.8. The Morgan fingerprint density at radius 1 is 0.791 bits per heavy atom. The molecular formula is C21H26N5O16P. The first-order valence-corrected chi connectivity index (χ1v) is 12.5. The summed E-state index contributed by atoms with van der Waals surface area (Å²) in [6.07, 6.45) is 5.20. The number of anilines is 1. The minimum atomic E-state index is -4.16. The SMILES string of the molecule is CC(Cn1cnc2c(N)ncnc21)OCP(=O)(O)O.O=C(O)/C=C/C(=O)O.O=C(O)/C=C/C(=O)O.O=C(O)/C=C/C(=O)O. The zero-order valence-electron chi connectivity index (χ0n) is 21.8. The van der Waals surface area contributed by atoms with Crippen LogP contribution < -0.4 is 5.73 Å². The van der Waals surface area contributed by atoms with Crippen LogP contribution in [0.15, 0.2) is 49.1 Å². The van der Waals surface area contributed by atoms with Gasteiger partial charge in [-0.25, -0.2) is 43.7 Å². The summed E-state index contributed by atoms with van der Waals surface area (Å²) in [6, 6.07) is 0. The molecule has 21 nitrogen and oxygen atoms in total. The maximum atomic E-state index is 10.7. The lowest BCUT2D eigenvalue weighted by Gasteiger charge is -2.14. The van der Waals surface area contributed by atoms with Crippen molar-refractivity contribution in [1.29, 1.82) is 0 Å². The number of aliphatic carboxylic acids is 6. The lowest BCUT2D eigenvalue weighted by Crippen LogP contribution is -2.17. The number of carboxylic acid groups (broad SMARTS) is 6. The third-order valence-corrected chi connectivity index (χ3v) is 4.00. The monoisotopic (exact) mass is 635 g/mol. The summed E-state index contributed by atoms with van der Waals surface area (Å²) in [6.45, 7) is 2.05. The summed E-state index contributed by atoms with van der Waals surface area (Å²) >= 11 is 0. The highest BCUT2D eigenvalue weighted by Gasteiger charge is 2.17. The minimum Gasteiger partial charge on any atom is -0.478 e. The molecule has 2 rings (SSSR count). The highest BCUT2D eigenvalue weighted by Crippen LogP contribution is 2.34. The lowest BCUT2D eigenvalue weighted by atomic mass is 10.4. The second-order valence-electron chi connectivity index (χ2n) is 7.13. The van der Waals surface area contributed by atoms with E-state index in [1.165, 1.54) is 12.7 Å². The quantitative estimate of drug-likeness (QED) is 0.106. The fourth-order valence-electron chi connectivity index (χ4n) is 2.01. The smallest absolute Gasteiger partial charge is 0.350 e. The van der Waals surface area contributed by atoms with Gasteiger partial charge in [0.2, 0.25) is 0 Å². The van der Waals surface area contributed by atoms with E-state index in [2.05, 4.69) is 15.0 Å². The molecule has 1 atom stereocenters. The number of ether oxygens (including phenoxy) is 1. The maximum Gasteiger partial charge on any atom is 0.350 e. The van der Waals surface area contributed by atoms with E-state index in [1.54, 1.807) is 11.5 Å². The highest BCUT2D eigenvalue weighted by molar-refractivity contribution is 7.51. The molecule has 2 aromatic heterocycles. The van der Waals surface area contributed by atoms with Crippen molar-refractivity contribution in [3.8, 4) is 0 Å². The molecule has 0 amide bonds. The van der Waals surface area contributed by atoms with Crippen LogP contribution in [0.5, 0.6) is 0 Å². The number of nitrogen functional groups attached to an aromatic ring is 1. The van der Waals surface area contributed by atoms with Crippen LogP contribution in [-0.4, -0.2) is 108 Å². The summed E-state index contributed by atoms with van der Waals surface area (Å²) in [7, 11) is -4.16. The molecule has 0 spiro atoms.